The fourth-order valence-electron chi connectivity index (χ4n) is 1.59. The summed E-state index contributed by atoms with van der Waals surface area (Å²) >= 11 is 6.29. The van der Waals surface area contributed by atoms with Gasteiger partial charge in [0.2, 0.25) is 11.0 Å². The van der Waals surface area contributed by atoms with Crippen molar-refractivity contribution in [3.63, 3.8) is 0 Å². The molecule has 1 heterocycles. The Morgan fingerprint density at radius 3 is 3.00 bits per heavy atom. The normalized spacial score (nSPS) is 12.0. The first kappa shape index (κ1) is 17.2. The first-order chi connectivity index (χ1) is 10.6. The molecule has 1 atom stereocenters. The number of aromatic nitrogens is 2. The van der Waals surface area contributed by atoms with Gasteiger partial charge in [-0.05, 0) is 31.5 Å². The molecule has 0 fully saturated rings. The second kappa shape index (κ2) is 8.50. The molecule has 8 heteroatoms. The van der Waals surface area contributed by atoms with E-state index in [4.69, 9.17) is 0 Å². The maximum Gasteiger partial charge on any atom is 0.233 e. The van der Waals surface area contributed by atoms with Crippen molar-refractivity contribution in [2.45, 2.75) is 29.9 Å². The molecule has 0 radical (unpaired) electrons. The van der Waals surface area contributed by atoms with Crippen molar-refractivity contribution in [1.29, 1.82) is 0 Å². The molecular weight excluding hydrogens is 384 g/mol. The molecule has 0 saturated heterocycles. The minimum Gasteiger partial charge on any atom is -0.355 e. The van der Waals surface area contributed by atoms with Crippen LogP contribution in [0.3, 0.4) is 0 Å². The van der Waals surface area contributed by atoms with Gasteiger partial charge in [-0.3, -0.25) is 4.79 Å². The van der Waals surface area contributed by atoms with Crippen molar-refractivity contribution >= 4 is 55.8 Å². The maximum atomic E-state index is 11.8. The van der Waals surface area contributed by atoms with E-state index in [-0.39, 0.29) is 11.2 Å². The number of thioether (sulfide) groups is 1. The minimum atomic E-state index is -0.182. The first-order valence-corrected chi connectivity index (χ1v) is 9.38. The number of hydrogen-bond donors (Lipinski definition) is 2. The molecule has 1 aromatic carbocycles. The minimum absolute atomic E-state index is 0.0311. The third-order valence-electron chi connectivity index (χ3n) is 2.68. The van der Waals surface area contributed by atoms with Crippen LogP contribution >= 0.6 is 39.0 Å². The van der Waals surface area contributed by atoms with Gasteiger partial charge < -0.3 is 10.6 Å². The average Bonchev–Trinajstić information content (AvgIpc) is 2.91. The van der Waals surface area contributed by atoms with Crippen molar-refractivity contribution in [2.24, 2.45) is 0 Å². The second-order valence-corrected chi connectivity index (χ2v) is 8.04. The maximum absolute atomic E-state index is 11.8. The first-order valence-electron chi connectivity index (χ1n) is 6.89. The Balaban J connectivity index is 1.92. The molecule has 0 aliphatic rings. The molecule has 1 aromatic heterocycles. The smallest absolute Gasteiger partial charge is 0.233 e. The second-order valence-electron chi connectivity index (χ2n) is 4.56. The number of carbonyl (C=O) groups is 1. The lowest BCUT2D eigenvalue weighted by atomic mass is 10.3. The Morgan fingerprint density at radius 1 is 1.45 bits per heavy atom. The van der Waals surface area contributed by atoms with E-state index >= 15 is 0 Å². The summed E-state index contributed by atoms with van der Waals surface area (Å²) in [4.78, 5) is 11.8. The zero-order valence-electron chi connectivity index (χ0n) is 12.3. The standard InChI is InChI=1S/C14H17BrN4OS2/c1-3-7-16-12(20)9(2)21-14-19-18-13(22-14)17-11-6-4-5-10(15)8-11/h4-6,8-9H,3,7H2,1-2H3,(H,16,20)(H,17,18). The fraction of sp³-hybridized carbons (Fsp3) is 0.357. The Bertz CT molecular complexity index is 635. The molecule has 1 unspecified atom stereocenters. The monoisotopic (exact) mass is 400 g/mol. The van der Waals surface area contributed by atoms with E-state index < -0.39 is 0 Å². The van der Waals surface area contributed by atoms with E-state index in [1.807, 2.05) is 38.1 Å². The predicted octanol–water partition coefficient (Wildman–Crippen LogP) is 4.05. The number of rotatable bonds is 7. The molecule has 0 spiro atoms. The van der Waals surface area contributed by atoms with Gasteiger partial charge in [0.05, 0.1) is 5.25 Å². The van der Waals surface area contributed by atoms with Crippen molar-refractivity contribution in [3.05, 3.63) is 28.7 Å². The van der Waals surface area contributed by atoms with Gasteiger partial charge in [-0.2, -0.15) is 0 Å². The Morgan fingerprint density at radius 2 is 2.27 bits per heavy atom. The van der Waals surface area contributed by atoms with Gasteiger partial charge in [-0.1, -0.05) is 52.0 Å². The van der Waals surface area contributed by atoms with E-state index in [0.29, 0.717) is 11.7 Å². The zero-order valence-corrected chi connectivity index (χ0v) is 15.5. The highest BCUT2D eigenvalue weighted by Gasteiger charge is 2.16. The highest BCUT2D eigenvalue weighted by atomic mass is 79.9. The molecule has 2 rings (SSSR count). The number of amides is 1. The largest absolute Gasteiger partial charge is 0.355 e. The highest BCUT2D eigenvalue weighted by molar-refractivity contribution is 9.10. The molecule has 0 saturated carbocycles. The fourth-order valence-corrected chi connectivity index (χ4v) is 3.93. The average molecular weight is 401 g/mol. The Kier molecular flexibility index (Phi) is 6.66. The van der Waals surface area contributed by atoms with Crippen LogP contribution in [0.2, 0.25) is 0 Å². The van der Waals surface area contributed by atoms with Crippen LogP contribution in [0.5, 0.6) is 0 Å². The third-order valence-corrected chi connectivity index (χ3v) is 5.19. The number of benzene rings is 1. The molecule has 5 nitrogen and oxygen atoms in total. The molecule has 2 aromatic rings. The zero-order chi connectivity index (χ0) is 15.9. The number of nitrogens with zero attached hydrogens (tertiary/aromatic N) is 2. The van der Waals surface area contributed by atoms with Crippen molar-refractivity contribution < 1.29 is 4.79 Å². The van der Waals surface area contributed by atoms with Crippen LogP contribution < -0.4 is 10.6 Å². The topological polar surface area (TPSA) is 66.9 Å². The lowest BCUT2D eigenvalue weighted by Gasteiger charge is -2.08. The Labute approximate surface area is 146 Å². The van der Waals surface area contributed by atoms with Crippen LogP contribution in [0.4, 0.5) is 10.8 Å². The van der Waals surface area contributed by atoms with Crippen molar-refractivity contribution in [3.8, 4) is 0 Å². The van der Waals surface area contributed by atoms with Crippen molar-refractivity contribution in [1.82, 2.24) is 15.5 Å². The van der Waals surface area contributed by atoms with Crippen LogP contribution in [0.1, 0.15) is 20.3 Å². The summed E-state index contributed by atoms with van der Waals surface area (Å²) in [7, 11) is 0. The molecule has 2 N–H and O–H groups in total. The predicted molar refractivity (Wildman–Crippen MR) is 96.0 cm³/mol. The summed E-state index contributed by atoms with van der Waals surface area (Å²) < 4.78 is 1.77. The highest BCUT2D eigenvalue weighted by Crippen LogP contribution is 2.30. The van der Waals surface area contributed by atoms with Gasteiger partial charge in [0, 0.05) is 16.7 Å². The van der Waals surface area contributed by atoms with E-state index in [9.17, 15) is 4.79 Å². The molecule has 0 bridgehead atoms. The number of carbonyl (C=O) groups excluding carboxylic acids is 1. The van der Waals surface area contributed by atoms with E-state index in [1.54, 1.807) is 0 Å². The van der Waals surface area contributed by atoms with E-state index in [2.05, 4.69) is 36.8 Å². The van der Waals surface area contributed by atoms with Gasteiger partial charge in [0.15, 0.2) is 4.34 Å². The van der Waals surface area contributed by atoms with Gasteiger partial charge in [-0.15, -0.1) is 10.2 Å². The molecule has 118 valence electrons. The number of halogens is 1. The molecule has 0 aliphatic carbocycles. The molecule has 0 aliphatic heterocycles. The van der Waals surface area contributed by atoms with Crippen LogP contribution in [0.25, 0.3) is 0 Å². The van der Waals surface area contributed by atoms with Gasteiger partial charge in [0.1, 0.15) is 0 Å². The van der Waals surface area contributed by atoms with Crippen LogP contribution in [0.15, 0.2) is 33.1 Å². The van der Waals surface area contributed by atoms with Crippen LogP contribution in [-0.4, -0.2) is 27.9 Å². The van der Waals surface area contributed by atoms with Gasteiger partial charge in [-0.25, -0.2) is 0 Å². The van der Waals surface area contributed by atoms with E-state index in [0.717, 1.165) is 20.9 Å². The Hall–Kier alpha value is -1.12. The molecule has 22 heavy (non-hydrogen) atoms. The van der Waals surface area contributed by atoms with Crippen LogP contribution in [-0.2, 0) is 4.79 Å². The summed E-state index contributed by atoms with van der Waals surface area (Å²) in [6.07, 6.45) is 0.933. The van der Waals surface area contributed by atoms with Crippen LogP contribution in [0, 0.1) is 0 Å². The summed E-state index contributed by atoms with van der Waals surface area (Å²) in [5.74, 6) is 0.0311. The quantitative estimate of drug-likeness (QED) is 0.686. The summed E-state index contributed by atoms with van der Waals surface area (Å²) in [5, 5.41) is 14.8. The van der Waals surface area contributed by atoms with E-state index in [1.165, 1.54) is 23.1 Å². The lowest BCUT2D eigenvalue weighted by Crippen LogP contribution is -2.31. The molecule has 1 amide bonds. The number of hydrogen-bond acceptors (Lipinski definition) is 6. The third kappa shape index (κ3) is 5.26. The van der Waals surface area contributed by atoms with Crippen molar-refractivity contribution in [2.75, 3.05) is 11.9 Å². The molecular formula is C14H17BrN4OS2. The summed E-state index contributed by atoms with van der Waals surface area (Å²) in [6, 6.07) is 7.83. The van der Waals surface area contributed by atoms with Gasteiger partial charge in [0.25, 0.3) is 0 Å². The summed E-state index contributed by atoms with van der Waals surface area (Å²) in [5.41, 5.74) is 0.941. The SMILES string of the molecule is CCCNC(=O)C(C)Sc1nnc(Nc2cccc(Br)c2)s1. The number of nitrogens with one attached hydrogen (secondary N) is 2. The van der Waals surface area contributed by atoms with Gasteiger partial charge >= 0.3 is 0 Å². The number of anilines is 2. The lowest BCUT2D eigenvalue weighted by molar-refractivity contribution is -0.120. The summed E-state index contributed by atoms with van der Waals surface area (Å²) in [6.45, 7) is 4.61.